The Morgan fingerprint density at radius 3 is 2.77 bits per heavy atom. The maximum Gasteiger partial charge on any atom is 0.438 e. The summed E-state index contributed by atoms with van der Waals surface area (Å²) < 4.78 is -0.443. The minimum Gasteiger partial charge on any atom is -0.369 e. The summed E-state index contributed by atoms with van der Waals surface area (Å²) in [7, 11) is 1.66. The summed E-state index contributed by atoms with van der Waals surface area (Å²) in [6.07, 6.45) is 3.58. The predicted molar refractivity (Wildman–Crippen MR) is 99.0 cm³/mol. The molecule has 1 aliphatic carbocycles. The fraction of sp³-hybridized carbons (Fsp3) is 0.333. The summed E-state index contributed by atoms with van der Waals surface area (Å²) in [6, 6.07) is 4.88. The van der Waals surface area contributed by atoms with Gasteiger partial charge in [-0.15, -0.1) is 4.48 Å². The number of nitrogens with two attached hydrogens (primary N) is 1. The van der Waals surface area contributed by atoms with Crippen molar-refractivity contribution < 1.29 is 14.4 Å². The Labute approximate surface area is 154 Å². The van der Waals surface area contributed by atoms with Crippen LogP contribution in [0, 0.1) is 5.92 Å². The molecule has 1 aliphatic heterocycles. The van der Waals surface area contributed by atoms with E-state index in [2.05, 4.69) is 4.98 Å². The lowest BCUT2D eigenvalue weighted by Gasteiger charge is -2.38. The Bertz CT molecular complexity index is 907. The van der Waals surface area contributed by atoms with Crippen molar-refractivity contribution in [3.05, 3.63) is 40.9 Å². The number of carbonyl (C=O) groups is 3. The molecule has 1 saturated carbocycles. The quantitative estimate of drug-likeness (QED) is 0.816. The van der Waals surface area contributed by atoms with Gasteiger partial charge in [0.1, 0.15) is 12.1 Å². The molecule has 2 N–H and O–H groups in total. The number of aromatic nitrogens is 1. The first-order valence-corrected chi connectivity index (χ1v) is 9.34. The second-order valence-corrected chi connectivity index (χ2v) is 7.72. The fourth-order valence-electron chi connectivity index (χ4n) is 3.58. The van der Waals surface area contributed by atoms with Crippen LogP contribution in [-0.4, -0.2) is 36.4 Å². The molecule has 1 fully saturated rings. The third-order valence-corrected chi connectivity index (χ3v) is 5.89. The van der Waals surface area contributed by atoms with E-state index >= 15 is 0 Å². The van der Waals surface area contributed by atoms with Crippen LogP contribution >= 0.6 is 11.3 Å². The maximum absolute atomic E-state index is 13.7. The summed E-state index contributed by atoms with van der Waals surface area (Å²) >= 11 is 1.30. The molecule has 2 aliphatic rings. The van der Waals surface area contributed by atoms with E-state index in [0.29, 0.717) is 34.4 Å². The molecule has 1 aromatic carbocycles. The molecule has 4 amide bonds. The SMILES string of the molecule is CN1C(=O)[N+](CC2CC2)(c2nccs2)C(=O)c2c(CC(N)=O)cccc21. The van der Waals surface area contributed by atoms with E-state index < -0.39 is 10.4 Å². The van der Waals surface area contributed by atoms with Crippen LogP contribution in [0.4, 0.5) is 15.6 Å². The van der Waals surface area contributed by atoms with Gasteiger partial charge in [0, 0.05) is 24.5 Å². The molecule has 0 radical (unpaired) electrons. The summed E-state index contributed by atoms with van der Waals surface area (Å²) in [5.74, 6) is -0.507. The molecule has 2 heterocycles. The highest BCUT2D eigenvalue weighted by Gasteiger charge is 2.58. The Kier molecular flexibility index (Phi) is 3.89. The molecule has 1 aromatic heterocycles. The second-order valence-electron chi connectivity index (χ2n) is 6.85. The molecule has 134 valence electrons. The molecule has 7 nitrogen and oxygen atoms in total. The van der Waals surface area contributed by atoms with Crippen LogP contribution in [0.2, 0.25) is 0 Å². The number of carbonyl (C=O) groups excluding carboxylic acids is 3. The second kappa shape index (κ2) is 6.00. The Balaban J connectivity index is 1.94. The van der Waals surface area contributed by atoms with Crippen molar-refractivity contribution in [2.45, 2.75) is 19.3 Å². The number of anilines is 1. The van der Waals surface area contributed by atoms with Crippen molar-refractivity contribution in [2.24, 2.45) is 11.7 Å². The summed E-state index contributed by atoms with van der Waals surface area (Å²) in [4.78, 5) is 44.4. The number of thiazole rings is 1. The zero-order valence-electron chi connectivity index (χ0n) is 14.3. The van der Waals surface area contributed by atoms with Gasteiger partial charge in [-0.25, -0.2) is 9.59 Å². The molecule has 1 unspecified atom stereocenters. The van der Waals surface area contributed by atoms with Crippen molar-refractivity contribution >= 4 is 40.0 Å². The first kappa shape index (κ1) is 16.9. The smallest absolute Gasteiger partial charge is 0.369 e. The van der Waals surface area contributed by atoms with Gasteiger partial charge in [0.2, 0.25) is 5.91 Å². The molecular formula is C18H19N4O3S+. The van der Waals surface area contributed by atoms with Crippen molar-refractivity contribution in [1.82, 2.24) is 9.47 Å². The number of quaternary nitrogens is 1. The van der Waals surface area contributed by atoms with E-state index in [1.165, 1.54) is 16.2 Å². The van der Waals surface area contributed by atoms with Gasteiger partial charge in [0.05, 0.1) is 12.1 Å². The van der Waals surface area contributed by atoms with E-state index in [-0.39, 0.29) is 18.4 Å². The van der Waals surface area contributed by atoms with Gasteiger partial charge in [0.15, 0.2) is 0 Å². The highest BCUT2D eigenvalue weighted by atomic mass is 32.1. The van der Waals surface area contributed by atoms with Crippen LogP contribution < -0.4 is 15.1 Å². The fourth-order valence-corrected chi connectivity index (χ4v) is 4.37. The molecule has 4 rings (SSSR count). The number of fused-ring (bicyclic) bond motifs is 1. The number of primary amides is 1. The van der Waals surface area contributed by atoms with Crippen molar-refractivity contribution in [1.29, 1.82) is 0 Å². The van der Waals surface area contributed by atoms with Crippen LogP contribution in [0.15, 0.2) is 29.8 Å². The summed E-state index contributed by atoms with van der Waals surface area (Å²) in [5.41, 5.74) is 6.83. The van der Waals surface area contributed by atoms with E-state index in [1.54, 1.807) is 36.8 Å². The summed E-state index contributed by atoms with van der Waals surface area (Å²) in [5, 5.41) is 2.24. The molecule has 0 spiro atoms. The standard InChI is InChI=1S/C18H18N4O3S/c1-21-13-4-2-3-12(9-14(19)23)15(13)16(24)22(18(21)25,10-11-5-6-11)17-20-7-8-26-17/h2-4,7-8,11H,5-6,9-10H2,1H3,(H-,19,23)/p+1. The average Bonchev–Trinajstić information content (AvgIpc) is 3.25. The van der Waals surface area contributed by atoms with Crippen LogP contribution in [0.1, 0.15) is 28.8 Å². The van der Waals surface area contributed by atoms with Crippen molar-refractivity contribution in [3.63, 3.8) is 0 Å². The lowest BCUT2D eigenvalue weighted by Crippen LogP contribution is -2.66. The average molecular weight is 371 g/mol. The zero-order valence-corrected chi connectivity index (χ0v) is 15.2. The Morgan fingerprint density at radius 1 is 1.38 bits per heavy atom. The molecule has 1 atom stereocenters. The minimum atomic E-state index is -0.514. The van der Waals surface area contributed by atoms with Gasteiger partial charge in [0.25, 0.3) is 0 Å². The first-order valence-electron chi connectivity index (χ1n) is 8.46. The number of hydrogen-bond acceptors (Lipinski definition) is 5. The number of hydrogen-bond donors (Lipinski definition) is 1. The molecule has 0 bridgehead atoms. The molecule has 8 heteroatoms. The van der Waals surface area contributed by atoms with Gasteiger partial charge < -0.3 is 5.73 Å². The van der Waals surface area contributed by atoms with Crippen molar-refractivity contribution in [3.8, 4) is 0 Å². The third kappa shape index (κ3) is 2.45. The van der Waals surface area contributed by atoms with Crippen LogP contribution in [-0.2, 0) is 11.2 Å². The molecular weight excluding hydrogens is 352 g/mol. The van der Waals surface area contributed by atoms with E-state index in [0.717, 1.165) is 12.8 Å². The molecule has 2 aromatic rings. The Hall–Kier alpha value is -2.58. The molecule has 0 saturated heterocycles. The van der Waals surface area contributed by atoms with E-state index in [9.17, 15) is 14.4 Å². The van der Waals surface area contributed by atoms with Gasteiger partial charge in [-0.1, -0.05) is 23.5 Å². The highest BCUT2D eigenvalue weighted by Crippen LogP contribution is 2.43. The zero-order chi connectivity index (χ0) is 18.5. The number of rotatable bonds is 5. The van der Waals surface area contributed by atoms with Gasteiger partial charge >= 0.3 is 17.1 Å². The number of nitrogens with zero attached hydrogens (tertiary/aromatic N) is 3. The lowest BCUT2D eigenvalue weighted by atomic mass is 9.97. The van der Waals surface area contributed by atoms with Gasteiger partial charge in [-0.2, -0.15) is 4.98 Å². The monoisotopic (exact) mass is 371 g/mol. The largest absolute Gasteiger partial charge is 0.438 e. The topological polar surface area (TPSA) is 93.4 Å². The van der Waals surface area contributed by atoms with Gasteiger partial charge in [-0.3, -0.25) is 9.69 Å². The van der Waals surface area contributed by atoms with Crippen LogP contribution in [0.3, 0.4) is 0 Å². The van der Waals surface area contributed by atoms with E-state index in [4.69, 9.17) is 5.73 Å². The highest BCUT2D eigenvalue weighted by molar-refractivity contribution is 7.13. The third-order valence-electron chi connectivity index (χ3n) is 5.00. The summed E-state index contributed by atoms with van der Waals surface area (Å²) in [6.45, 7) is 0.403. The Morgan fingerprint density at radius 2 is 2.15 bits per heavy atom. The first-order chi connectivity index (χ1) is 12.4. The maximum atomic E-state index is 13.7. The van der Waals surface area contributed by atoms with Gasteiger partial charge in [-0.05, 0) is 24.5 Å². The minimum absolute atomic E-state index is 0.0434. The van der Waals surface area contributed by atoms with Crippen molar-refractivity contribution in [2.75, 3.05) is 18.5 Å². The predicted octanol–water partition coefficient (Wildman–Crippen LogP) is 2.30. The normalized spacial score (nSPS) is 22.4. The van der Waals surface area contributed by atoms with Crippen LogP contribution in [0.5, 0.6) is 0 Å². The molecule has 26 heavy (non-hydrogen) atoms. The number of amides is 4. The lowest BCUT2D eigenvalue weighted by molar-refractivity contribution is -0.117. The van der Waals surface area contributed by atoms with E-state index in [1.807, 2.05) is 0 Å². The number of benzene rings is 1. The van der Waals surface area contributed by atoms with Crippen LogP contribution in [0.25, 0.3) is 0 Å². The number of urea groups is 1. The number of imide groups is 1.